The molecule has 0 aliphatic rings. The Hall–Kier alpha value is -3.52. The summed E-state index contributed by atoms with van der Waals surface area (Å²) < 4.78 is 4.70. The number of carbonyl (C=O) groups is 4. The van der Waals surface area contributed by atoms with Gasteiger partial charge < -0.3 is 29.6 Å². The summed E-state index contributed by atoms with van der Waals surface area (Å²) in [7, 11) is 0. The van der Waals surface area contributed by atoms with Crippen molar-refractivity contribution >= 4 is 23.7 Å². The zero-order valence-corrected chi connectivity index (χ0v) is 13.2. The van der Waals surface area contributed by atoms with Crippen molar-refractivity contribution in [2.24, 2.45) is 0 Å². The number of carboxylic acids is 2. The van der Waals surface area contributed by atoms with E-state index in [2.05, 4.69) is 0 Å². The molecule has 0 aliphatic heterocycles. The molecule has 0 saturated heterocycles. The van der Waals surface area contributed by atoms with Gasteiger partial charge in [-0.1, -0.05) is 48.5 Å². The third-order valence-corrected chi connectivity index (χ3v) is 3.55. The summed E-state index contributed by atoms with van der Waals surface area (Å²) in [6, 6.07) is 13.5. The minimum atomic E-state index is -3.52. The second-order valence-corrected chi connectivity index (χ2v) is 5.20. The molecule has 0 aliphatic carbocycles. The van der Waals surface area contributed by atoms with Gasteiger partial charge in [0.25, 0.3) is 0 Å². The van der Waals surface area contributed by atoms with Crippen molar-refractivity contribution in [2.45, 2.75) is 11.7 Å². The normalized spacial score (nSPS) is 13.9. The summed E-state index contributed by atoms with van der Waals surface area (Å²) in [6.07, 6.45) is -2.99. The van der Waals surface area contributed by atoms with Crippen LogP contribution < -0.4 is 10.2 Å². The van der Waals surface area contributed by atoms with Crippen molar-refractivity contribution in [1.82, 2.24) is 0 Å². The monoisotopic (exact) mass is 356 g/mol. The quantitative estimate of drug-likeness (QED) is 0.352. The Morgan fingerprint density at radius 2 is 1.31 bits per heavy atom. The van der Waals surface area contributed by atoms with E-state index in [-0.39, 0.29) is 11.1 Å². The van der Waals surface area contributed by atoms with Gasteiger partial charge in [0.05, 0.1) is 17.5 Å². The molecule has 0 saturated carbocycles. The van der Waals surface area contributed by atoms with Crippen molar-refractivity contribution < 1.29 is 39.2 Å². The van der Waals surface area contributed by atoms with E-state index in [1.54, 1.807) is 6.07 Å². The molecule has 0 radical (unpaired) electrons. The van der Waals surface area contributed by atoms with Gasteiger partial charge in [-0.15, -0.1) is 0 Å². The van der Waals surface area contributed by atoms with Gasteiger partial charge in [0.1, 0.15) is 6.10 Å². The predicted molar refractivity (Wildman–Crippen MR) is 81.4 cm³/mol. The highest BCUT2D eigenvalue weighted by molar-refractivity contribution is 6.18. The molecule has 0 aromatic heterocycles. The highest BCUT2D eigenvalue weighted by atomic mass is 16.6. The van der Waals surface area contributed by atoms with Gasteiger partial charge in [0.2, 0.25) is 11.4 Å². The molecule has 8 nitrogen and oxygen atoms in total. The lowest BCUT2D eigenvalue weighted by molar-refractivity contribution is -0.339. The number of aliphatic hydroxyl groups is 1. The molecule has 8 heteroatoms. The van der Waals surface area contributed by atoms with Crippen LogP contribution in [0.5, 0.6) is 0 Å². The van der Waals surface area contributed by atoms with Crippen molar-refractivity contribution in [3.63, 3.8) is 0 Å². The van der Waals surface area contributed by atoms with Crippen LogP contribution in [0.2, 0.25) is 0 Å². The lowest BCUT2D eigenvalue weighted by Gasteiger charge is -2.37. The van der Waals surface area contributed by atoms with E-state index in [1.165, 1.54) is 54.6 Å². The molecule has 0 heterocycles. The maximum atomic E-state index is 12.7. The second kappa shape index (κ2) is 7.58. The molecule has 26 heavy (non-hydrogen) atoms. The first-order valence-electron chi connectivity index (χ1n) is 7.29. The Bertz CT molecular complexity index is 831. The van der Waals surface area contributed by atoms with Crippen LogP contribution >= 0.6 is 0 Å². The summed E-state index contributed by atoms with van der Waals surface area (Å²) in [6.45, 7) is 0. The van der Waals surface area contributed by atoms with Gasteiger partial charge >= 0.3 is 5.97 Å². The number of aliphatic carboxylic acids is 2. The van der Waals surface area contributed by atoms with Crippen LogP contribution in [0.25, 0.3) is 0 Å². The van der Waals surface area contributed by atoms with E-state index in [1.807, 2.05) is 0 Å². The van der Waals surface area contributed by atoms with E-state index in [9.17, 15) is 34.5 Å². The van der Waals surface area contributed by atoms with E-state index in [4.69, 9.17) is 4.74 Å². The molecule has 1 N–H and O–H groups in total. The summed E-state index contributed by atoms with van der Waals surface area (Å²) in [4.78, 5) is 47.7. The molecule has 0 fully saturated rings. The number of hydrogen-bond acceptors (Lipinski definition) is 8. The highest BCUT2D eigenvalue weighted by Crippen LogP contribution is 2.24. The first kappa shape index (κ1) is 18.8. The standard InChI is InChI=1S/C18H14O8/c19-13(11-7-3-1-4-8-11)18(17(24)25,14(20)15(21)22)26-16(23)12-9-5-2-6-10-12/h1-10,14,20H,(H,21,22)(H,24,25)/p-2/t14-,18+/m0/s1. The average molecular weight is 356 g/mol. The zero-order valence-electron chi connectivity index (χ0n) is 13.2. The van der Waals surface area contributed by atoms with Gasteiger partial charge in [-0.05, 0) is 12.1 Å². The molecule has 2 aromatic rings. The molecule has 0 unspecified atom stereocenters. The maximum Gasteiger partial charge on any atom is 0.339 e. The highest BCUT2D eigenvalue weighted by Gasteiger charge is 2.52. The smallest absolute Gasteiger partial charge is 0.339 e. The lowest BCUT2D eigenvalue weighted by Crippen LogP contribution is -2.67. The van der Waals surface area contributed by atoms with Crippen molar-refractivity contribution in [1.29, 1.82) is 0 Å². The number of hydrogen-bond donors (Lipinski definition) is 1. The Kier molecular flexibility index (Phi) is 5.48. The van der Waals surface area contributed by atoms with Crippen LogP contribution in [0, 0.1) is 0 Å². The minimum absolute atomic E-state index is 0.162. The third kappa shape index (κ3) is 3.45. The molecule has 2 aromatic carbocycles. The average Bonchev–Trinajstić information content (AvgIpc) is 2.65. The molecule has 2 rings (SSSR count). The number of ether oxygens (including phenoxy) is 1. The largest absolute Gasteiger partial charge is 0.547 e. The van der Waals surface area contributed by atoms with Gasteiger partial charge in [0.15, 0.2) is 0 Å². The fourth-order valence-corrected chi connectivity index (χ4v) is 2.22. The fourth-order valence-electron chi connectivity index (χ4n) is 2.22. The maximum absolute atomic E-state index is 12.7. The first-order valence-corrected chi connectivity index (χ1v) is 7.29. The molecule has 0 spiro atoms. The number of ketones is 1. The Morgan fingerprint density at radius 3 is 1.73 bits per heavy atom. The van der Waals surface area contributed by atoms with Crippen LogP contribution in [-0.4, -0.2) is 40.5 Å². The predicted octanol–water partition coefficient (Wildman–Crippen LogP) is -1.67. The molecule has 2 atom stereocenters. The number of rotatable bonds is 7. The minimum Gasteiger partial charge on any atom is -0.547 e. The van der Waals surface area contributed by atoms with Gasteiger partial charge in [-0.2, -0.15) is 0 Å². The zero-order chi connectivity index (χ0) is 19.3. The molecular formula is C18H12O8-2. The summed E-state index contributed by atoms with van der Waals surface area (Å²) in [5.74, 6) is -7.52. The third-order valence-electron chi connectivity index (χ3n) is 3.55. The van der Waals surface area contributed by atoms with Gasteiger partial charge in [0, 0.05) is 5.56 Å². The summed E-state index contributed by atoms with van der Waals surface area (Å²) in [5, 5.41) is 32.7. The first-order chi connectivity index (χ1) is 12.3. The Morgan fingerprint density at radius 1 is 0.846 bits per heavy atom. The number of carbonyl (C=O) groups excluding carboxylic acids is 4. The van der Waals surface area contributed by atoms with Crippen LogP contribution in [0.1, 0.15) is 20.7 Å². The topological polar surface area (TPSA) is 144 Å². The number of aliphatic hydroxyl groups excluding tert-OH is 1. The fraction of sp³-hybridized carbons (Fsp3) is 0.111. The van der Waals surface area contributed by atoms with Crippen molar-refractivity contribution in [3.8, 4) is 0 Å². The Labute approximate surface area is 147 Å². The van der Waals surface area contributed by atoms with Gasteiger partial charge in [-0.25, -0.2) is 4.79 Å². The SMILES string of the molecule is O=C(O[C@](C(=O)[O-])(C(=O)c1ccccc1)[C@@H](O)C(=O)[O-])c1ccccc1. The molecule has 0 amide bonds. The van der Waals surface area contributed by atoms with E-state index in [0.29, 0.717) is 0 Å². The van der Waals surface area contributed by atoms with Crippen LogP contribution in [0.15, 0.2) is 60.7 Å². The molecule has 0 bridgehead atoms. The number of benzene rings is 2. The number of carboxylic acid groups (broad SMARTS) is 2. The number of Topliss-reactive ketones (excluding diaryl/α,β-unsaturated/α-hetero) is 1. The second-order valence-electron chi connectivity index (χ2n) is 5.20. The Balaban J connectivity index is 2.57. The number of esters is 1. The summed E-state index contributed by atoms with van der Waals surface area (Å²) >= 11 is 0. The molecular weight excluding hydrogens is 344 g/mol. The van der Waals surface area contributed by atoms with E-state index in [0.717, 1.165) is 0 Å². The van der Waals surface area contributed by atoms with Crippen molar-refractivity contribution in [3.05, 3.63) is 71.8 Å². The van der Waals surface area contributed by atoms with Gasteiger partial charge in [-0.3, -0.25) is 4.79 Å². The van der Waals surface area contributed by atoms with E-state index < -0.39 is 35.4 Å². The van der Waals surface area contributed by atoms with Crippen LogP contribution in [-0.2, 0) is 14.3 Å². The molecule has 134 valence electrons. The summed E-state index contributed by atoms with van der Waals surface area (Å²) in [5.41, 5.74) is -3.99. The van der Waals surface area contributed by atoms with Crippen LogP contribution in [0.3, 0.4) is 0 Å². The lowest BCUT2D eigenvalue weighted by atomic mass is 9.87. The van der Waals surface area contributed by atoms with Crippen LogP contribution in [0.4, 0.5) is 0 Å². The van der Waals surface area contributed by atoms with Crippen molar-refractivity contribution in [2.75, 3.05) is 0 Å². The van der Waals surface area contributed by atoms with E-state index >= 15 is 0 Å².